The number of esters is 1. The maximum absolute atomic E-state index is 13.3. The first kappa shape index (κ1) is 28.6. The first-order valence-electron chi connectivity index (χ1n) is 12.3. The molecule has 1 heterocycles. The van der Waals surface area contributed by atoms with Gasteiger partial charge in [0.15, 0.2) is 5.69 Å². The van der Waals surface area contributed by atoms with E-state index in [2.05, 4.69) is 10.6 Å². The molecule has 38 heavy (non-hydrogen) atoms. The van der Waals surface area contributed by atoms with Crippen LogP contribution in [0.4, 0.5) is 10.5 Å². The van der Waals surface area contributed by atoms with Crippen LogP contribution in [-0.2, 0) is 16.1 Å². The lowest BCUT2D eigenvalue weighted by molar-refractivity contribution is -0.143. The molecule has 0 radical (unpaired) electrons. The molecule has 0 fully saturated rings. The quantitative estimate of drug-likeness (QED) is 0.308. The molecule has 3 aromatic rings. The molecule has 0 saturated carbocycles. The fraction of sp³-hybridized carbons (Fsp3) is 0.321. The monoisotopic (exact) mass is 541 g/mol. The van der Waals surface area contributed by atoms with Gasteiger partial charge in [-0.25, -0.2) is 4.79 Å². The summed E-state index contributed by atoms with van der Waals surface area (Å²) in [6.07, 6.45) is 1.37. The lowest BCUT2D eigenvalue weighted by Gasteiger charge is -2.20. The number of aromatic nitrogens is 1. The molecule has 0 aliphatic heterocycles. The largest absolute Gasteiger partial charge is 0.505 e. The van der Waals surface area contributed by atoms with Crippen LogP contribution in [0.1, 0.15) is 48.6 Å². The number of halogens is 1. The Morgan fingerprint density at radius 1 is 1.08 bits per heavy atom. The normalized spacial score (nSPS) is 11.5. The number of aryl methyl sites for hydroxylation is 2. The number of urea groups is 1. The molecule has 0 bridgehead atoms. The van der Waals surface area contributed by atoms with Crippen molar-refractivity contribution in [1.29, 1.82) is 0 Å². The summed E-state index contributed by atoms with van der Waals surface area (Å²) >= 11 is 6.39. The number of nitrogens with one attached hydrogen (secondary N) is 2. The molecule has 0 aliphatic carbocycles. The van der Waals surface area contributed by atoms with E-state index in [9.17, 15) is 19.5 Å². The van der Waals surface area contributed by atoms with Gasteiger partial charge in [-0.1, -0.05) is 47.5 Å². The molecule has 9 nitrogen and oxygen atoms in total. The van der Waals surface area contributed by atoms with Gasteiger partial charge in [0.25, 0.3) is 5.56 Å². The number of anilines is 1. The Morgan fingerprint density at radius 2 is 1.79 bits per heavy atom. The Morgan fingerprint density at radius 3 is 2.45 bits per heavy atom. The van der Waals surface area contributed by atoms with E-state index in [1.54, 1.807) is 44.2 Å². The topological polar surface area (TPSA) is 119 Å². The van der Waals surface area contributed by atoms with Crippen molar-refractivity contribution in [2.45, 2.75) is 46.7 Å². The number of nitrogens with zero attached hydrogens (tertiary/aromatic N) is 1. The Labute approximate surface area is 226 Å². The molecule has 10 heteroatoms. The van der Waals surface area contributed by atoms with Crippen molar-refractivity contribution in [1.82, 2.24) is 9.88 Å². The van der Waals surface area contributed by atoms with E-state index < -0.39 is 23.6 Å². The van der Waals surface area contributed by atoms with Crippen molar-refractivity contribution in [3.05, 3.63) is 86.3 Å². The second-order valence-corrected chi connectivity index (χ2v) is 9.10. The lowest BCUT2D eigenvalue weighted by Crippen LogP contribution is -2.36. The SMILES string of the molecule is CCOC(=O)C[C@H](NC(=O)Nc1c(O)c(C)cn(Cc2c(Cl)cccc2OCC)c1=O)c1ccc(C)cc1. The van der Waals surface area contributed by atoms with E-state index in [1.807, 2.05) is 26.0 Å². The molecular weight excluding hydrogens is 510 g/mol. The van der Waals surface area contributed by atoms with Gasteiger partial charge in [-0.3, -0.25) is 9.59 Å². The van der Waals surface area contributed by atoms with Gasteiger partial charge >= 0.3 is 12.0 Å². The van der Waals surface area contributed by atoms with Crippen LogP contribution in [0.3, 0.4) is 0 Å². The van der Waals surface area contributed by atoms with E-state index >= 15 is 0 Å². The minimum Gasteiger partial charge on any atom is -0.505 e. The average Bonchev–Trinajstić information content (AvgIpc) is 2.87. The standard InChI is InChI=1S/C28H32ClN3O6/c1-5-37-23-9-7-8-21(29)20(23)16-32-15-18(4)26(34)25(27(32)35)31-28(36)30-22(14-24(33)38-6-2)19-12-10-17(3)11-13-19/h7-13,15,22,34H,5-6,14,16H2,1-4H3,(H2,30,31,36)/t22-/m0/s1. The highest BCUT2D eigenvalue weighted by molar-refractivity contribution is 6.31. The van der Waals surface area contributed by atoms with Crippen LogP contribution < -0.4 is 20.9 Å². The predicted molar refractivity (Wildman–Crippen MR) is 146 cm³/mol. The van der Waals surface area contributed by atoms with E-state index in [-0.39, 0.29) is 31.0 Å². The molecule has 0 spiro atoms. The lowest BCUT2D eigenvalue weighted by atomic mass is 10.0. The molecule has 2 aromatic carbocycles. The zero-order chi connectivity index (χ0) is 27.8. The van der Waals surface area contributed by atoms with Gasteiger partial charge in [-0.05, 0) is 45.4 Å². The van der Waals surface area contributed by atoms with Crippen LogP contribution in [0.15, 0.2) is 53.5 Å². The summed E-state index contributed by atoms with van der Waals surface area (Å²) in [5.74, 6) is -0.309. The van der Waals surface area contributed by atoms with Gasteiger partial charge in [-0.15, -0.1) is 0 Å². The Hall–Kier alpha value is -3.98. The van der Waals surface area contributed by atoms with Crippen molar-refractivity contribution >= 4 is 29.3 Å². The number of ether oxygens (including phenoxy) is 2. The van der Waals surface area contributed by atoms with Gasteiger partial charge in [0, 0.05) is 22.3 Å². The fourth-order valence-electron chi connectivity index (χ4n) is 3.92. The van der Waals surface area contributed by atoms with Gasteiger partial charge < -0.3 is 29.8 Å². The zero-order valence-corrected chi connectivity index (χ0v) is 22.6. The maximum atomic E-state index is 13.3. The average molecular weight is 542 g/mol. The third-order valence-corrected chi connectivity index (χ3v) is 6.19. The summed E-state index contributed by atoms with van der Waals surface area (Å²) in [5.41, 5.74) is 1.73. The number of hydrogen-bond acceptors (Lipinski definition) is 6. The number of hydrogen-bond donors (Lipinski definition) is 3. The van der Waals surface area contributed by atoms with Crippen LogP contribution in [0.2, 0.25) is 5.02 Å². The molecule has 1 aromatic heterocycles. The molecular formula is C28H32ClN3O6. The van der Waals surface area contributed by atoms with Crippen LogP contribution in [0.5, 0.6) is 11.5 Å². The molecule has 0 saturated heterocycles. The molecule has 0 unspecified atom stereocenters. The molecule has 1 atom stereocenters. The number of benzene rings is 2. The predicted octanol–water partition coefficient (Wildman–Crippen LogP) is 5.09. The van der Waals surface area contributed by atoms with Gasteiger partial charge in [0.1, 0.15) is 11.5 Å². The smallest absolute Gasteiger partial charge is 0.319 e. The van der Waals surface area contributed by atoms with Crippen molar-refractivity contribution in [3.63, 3.8) is 0 Å². The number of pyridine rings is 1. The summed E-state index contributed by atoms with van der Waals surface area (Å²) < 4.78 is 12.0. The summed E-state index contributed by atoms with van der Waals surface area (Å²) in [6.45, 7) is 7.76. The minimum atomic E-state index is -0.767. The van der Waals surface area contributed by atoms with E-state index in [1.165, 1.54) is 10.8 Å². The first-order chi connectivity index (χ1) is 18.1. The number of carbonyl (C=O) groups is 2. The van der Waals surface area contributed by atoms with Crippen LogP contribution in [0.25, 0.3) is 0 Å². The summed E-state index contributed by atoms with van der Waals surface area (Å²) in [5, 5.41) is 16.2. The minimum absolute atomic E-state index is 0.0557. The van der Waals surface area contributed by atoms with Crippen LogP contribution in [0, 0.1) is 13.8 Å². The second kappa shape index (κ2) is 13.0. The third-order valence-electron chi connectivity index (χ3n) is 5.84. The molecule has 2 amide bonds. The van der Waals surface area contributed by atoms with Gasteiger partial charge in [-0.2, -0.15) is 0 Å². The number of rotatable bonds is 10. The van der Waals surface area contributed by atoms with E-state index in [0.717, 1.165) is 5.56 Å². The molecule has 0 aliphatic rings. The number of amides is 2. The summed E-state index contributed by atoms with van der Waals surface area (Å²) in [7, 11) is 0. The van der Waals surface area contributed by atoms with Crippen molar-refractivity contribution < 1.29 is 24.2 Å². The van der Waals surface area contributed by atoms with E-state index in [0.29, 0.717) is 34.1 Å². The first-order valence-corrected chi connectivity index (χ1v) is 12.6. The number of carbonyl (C=O) groups excluding carboxylic acids is 2. The highest BCUT2D eigenvalue weighted by Gasteiger charge is 2.22. The van der Waals surface area contributed by atoms with Gasteiger partial charge in [0.05, 0.1) is 32.2 Å². The maximum Gasteiger partial charge on any atom is 0.319 e. The van der Waals surface area contributed by atoms with Crippen LogP contribution in [-0.4, -0.2) is 34.9 Å². The number of aromatic hydroxyl groups is 1. The molecule has 202 valence electrons. The van der Waals surface area contributed by atoms with Gasteiger partial charge in [0.2, 0.25) is 0 Å². The van der Waals surface area contributed by atoms with Crippen molar-refractivity contribution in [2.24, 2.45) is 0 Å². The third kappa shape index (κ3) is 7.07. The summed E-state index contributed by atoms with van der Waals surface area (Å²) in [4.78, 5) is 38.5. The van der Waals surface area contributed by atoms with E-state index in [4.69, 9.17) is 21.1 Å². The van der Waals surface area contributed by atoms with Crippen LogP contribution >= 0.6 is 11.6 Å². The summed E-state index contributed by atoms with van der Waals surface area (Å²) in [6, 6.07) is 11.0. The Balaban J connectivity index is 1.89. The molecule has 3 rings (SSSR count). The van der Waals surface area contributed by atoms with Crippen molar-refractivity contribution in [3.8, 4) is 11.5 Å². The second-order valence-electron chi connectivity index (χ2n) is 8.69. The highest BCUT2D eigenvalue weighted by atomic mass is 35.5. The highest BCUT2D eigenvalue weighted by Crippen LogP contribution is 2.29. The fourth-order valence-corrected chi connectivity index (χ4v) is 4.15. The molecule has 3 N–H and O–H groups in total. The van der Waals surface area contributed by atoms with Crippen molar-refractivity contribution in [2.75, 3.05) is 18.5 Å². The Kier molecular flexibility index (Phi) is 9.78. The Bertz CT molecular complexity index is 1350. The zero-order valence-electron chi connectivity index (χ0n) is 21.8.